The van der Waals surface area contributed by atoms with Gasteiger partial charge in [0, 0.05) is 0 Å². The van der Waals surface area contributed by atoms with Crippen molar-refractivity contribution in [3.8, 4) is 17.6 Å². The van der Waals surface area contributed by atoms with Crippen molar-refractivity contribution < 1.29 is 14.3 Å². The highest BCUT2D eigenvalue weighted by molar-refractivity contribution is 9.10. The average Bonchev–Trinajstić information content (AvgIpc) is 2.66. The zero-order valence-corrected chi connectivity index (χ0v) is 16.8. The third kappa shape index (κ3) is 5.36. The Morgan fingerprint density at radius 3 is 2.78 bits per heavy atom. The molecule has 7 heteroatoms. The number of carbonyl (C=O) groups excluding carboxylic acids is 1. The monoisotopic (exact) mass is 446 g/mol. The maximum absolute atomic E-state index is 12.4. The first-order valence-electron chi connectivity index (χ1n) is 7.79. The molecule has 27 heavy (non-hydrogen) atoms. The summed E-state index contributed by atoms with van der Waals surface area (Å²) in [5.41, 5.74) is 0.941. The molecule has 0 aromatic heterocycles. The molecule has 0 unspecified atom stereocenters. The van der Waals surface area contributed by atoms with Gasteiger partial charge in [-0.1, -0.05) is 36.4 Å². The van der Waals surface area contributed by atoms with Gasteiger partial charge in [-0.25, -0.2) is 0 Å². The summed E-state index contributed by atoms with van der Waals surface area (Å²) in [6.07, 6.45) is 3.07. The highest BCUT2D eigenvalue weighted by atomic mass is 79.9. The Bertz CT molecular complexity index is 935. The van der Waals surface area contributed by atoms with E-state index in [4.69, 9.17) is 21.1 Å². The average molecular weight is 448 g/mol. The Morgan fingerprint density at radius 2 is 2.15 bits per heavy atom. The molecule has 2 rings (SSSR count). The summed E-state index contributed by atoms with van der Waals surface area (Å²) in [4.78, 5) is 12.4. The summed E-state index contributed by atoms with van der Waals surface area (Å²) in [6.45, 7) is 3.92. The second-order valence-corrected chi connectivity index (χ2v) is 6.50. The van der Waals surface area contributed by atoms with Crippen molar-refractivity contribution in [2.45, 2.75) is 0 Å². The fraction of sp³-hybridized carbons (Fsp3) is 0.100. The lowest BCUT2D eigenvalue weighted by Crippen LogP contribution is -2.13. The molecular weight excluding hydrogens is 432 g/mol. The zero-order chi connectivity index (χ0) is 19.8. The number of hydrogen-bond donors (Lipinski definition) is 1. The Kier molecular flexibility index (Phi) is 7.47. The number of hydrogen-bond acceptors (Lipinski definition) is 4. The van der Waals surface area contributed by atoms with Crippen molar-refractivity contribution >= 4 is 45.2 Å². The number of methoxy groups -OCH3 is 1. The van der Waals surface area contributed by atoms with E-state index in [2.05, 4.69) is 27.8 Å². The van der Waals surface area contributed by atoms with Crippen molar-refractivity contribution in [2.75, 3.05) is 19.0 Å². The Morgan fingerprint density at radius 1 is 1.41 bits per heavy atom. The fourth-order valence-corrected chi connectivity index (χ4v) is 2.93. The molecule has 0 aliphatic heterocycles. The molecule has 1 N–H and O–H groups in total. The van der Waals surface area contributed by atoms with Gasteiger partial charge in [0.15, 0.2) is 11.5 Å². The number of halogens is 2. The molecule has 138 valence electrons. The predicted octanol–water partition coefficient (Wildman–Crippen LogP) is 5.22. The van der Waals surface area contributed by atoms with Crippen LogP contribution in [0.5, 0.6) is 11.5 Å². The number of nitrogens with zero attached hydrogens (tertiary/aromatic N) is 1. The largest absolute Gasteiger partial charge is 0.493 e. The first-order chi connectivity index (χ1) is 13.0. The van der Waals surface area contributed by atoms with Crippen molar-refractivity contribution in [3.05, 3.63) is 69.7 Å². The minimum atomic E-state index is -0.562. The molecule has 0 bridgehead atoms. The Labute approximate surface area is 171 Å². The quantitative estimate of drug-likeness (QED) is 0.359. The van der Waals surface area contributed by atoms with E-state index in [1.54, 1.807) is 42.5 Å². The third-order valence-electron chi connectivity index (χ3n) is 3.40. The SMILES string of the molecule is C=CCOc1c(Br)cc(/C=C(\C#N)C(=O)Nc2ccccc2Cl)cc1OC. The second-order valence-electron chi connectivity index (χ2n) is 5.24. The number of benzene rings is 2. The van der Waals surface area contributed by atoms with Crippen LogP contribution in [-0.4, -0.2) is 19.6 Å². The Hall–Kier alpha value is -2.75. The van der Waals surface area contributed by atoms with E-state index in [1.807, 2.05) is 6.07 Å². The van der Waals surface area contributed by atoms with Crippen molar-refractivity contribution in [1.82, 2.24) is 0 Å². The van der Waals surface area contributed by atoms with Crippen LogP contribution in [-0.2, 0) is 4.79 Å². The molecule has 5 nitrogen and oxygen atoms in total. The number of amides is 1. The van der Waals surface area contributed by atoms with Gasteiger partial charge in [0.1, 0.15) is 18.2 Å². The van der Waals surface area contributed by atoms with E-state index >= 15 is 0 Å². The lowest BCUT2D eigenvalue weighted by atomic mass is 10.1. The summed E-state index contributed by atoms with van der Waals surface area (Å²) in [5, 5.41) is 12.4. The van der Waals surface area contributed by atoms with E-state index in [-0.39, 0.29) is 5.57 Å². The first-order valence-corrected chi connectivity index (χ1v) is 8.96. The molecular formula is C20H16BrClN2O3. The normalized spacial score (nSPS) is 10.7. The van der Waals surface area contributed by atoms with Crippen LogP contribution in [0.25, 0.3) is 6.08 Å². The first kappa shape index (κ1) is 20.6. The van der Waals surface area contributed by atoms with Crippen LogP contribution in [0.4, 0.5) is 5.69 Å². The van der Waals surface area contributed by atoms with E-state index in [1.165, 1.54) is 13.2 Å². The van der Waals surface area contributed by atoms with Gasteiger partial charge in [0.25, 0.3) is 5.91 Å². The smallest absolute Gasteiger partial charge is 0.266 e. The van der Waals surface area contributed by atoms with Crippen molar-refractivity contribution in [3.63, 3.8) is 0 Å². The van der Waals surface area contributed by atoms with E-state index in [9.17, 15) is 10.1 Å². The van der Waals surface area contributed by atoms with Crippen LogP contribution in [0.1, 0.15) is 5.56 Å². The third-order valence-corrected chi connectivity index (χ3v) is 4.31. The van der Waals surface area contributed by atoms with Crippen LogP contribution in [0.3, 0.4) is 0 Å². The Balaban J connectivity index is 2.33. The number of nitrogens with one attached hydrogen (secondary N) is 1. The van der Waals surface area contributed by atoms with E-state index < -0.39 is 5.91 Å². The molecule has 0 aliphatic rings. The number of ether oxygens (including phenoxy) is 2. The van der Waals surface area contributed by atoms with E-state index in [0.717, 1.165) is 0 Å². The molecule has 2 aromatic carbocycles. The number of rotatable bonds is 7. The van der Waals surface area contributed by atoms with E-state index in [0.29, 0.717) is 38.9 Å². The zero-order valence-electron chi connectivity index (χ0n) is 14.5. The van der Waals surface area contributed by atoms with Crippen LogP contribution in [0.2, 0.25) is 5.02 Å². The minimum Gasteiger partial charge on any atom is -0.493 e. The van der Waals surface area contributed by atoms with Crippen molar-refractivity contribution in [2.24, 2.45) is 0 Å². The predicted molar refractivity (Wildman–Crippen MR) is 110 cm³/mol. The van der Waals surface area contributed by atoms with Gasteiger partial charge >= 0.3 is 0 Å². The summed E-state index contributed by atoms with van der Waals surface area (Å²) in [5.74, 6) is 0.405. The molecule has 0 saturated heterocycles. The highest BCUT2D eigenvalue weighted by Crippen LogP contribution is 2.37. The second kappa shape index (κ2) is 9.81. The molecule has 0 aliphatic carbocycles. The van der Waals surface area contributed by atoms with Gasteiger partial charge in [-0.3, -0.25) is 4.79 Å². The van der Waals surface area contributed by atoms with Gasteiger partial charge in [-0.2, -0.15) is 5.26 Å². The maximum Gasteiger partial charge on any atom is 0.266 e. The molecule has 1 amide bonds. The summed E-state index contributed by atoms with van der Waals surface area (Å²) < 4.78 is 11.5. The molecule has 0 heterocycles. The molecule has 0 spiro atoms. The lowest BCUT2D eigenvalue weighted by Gasteiger charge is -2.12. The molecule has 0 saturated carbocycles. The number of para-hydroxylation sites is 1. The van der Waals surface area contributed by atoms with Gasteiger partial charge in [0.05, 0.1) is 22.3 Å². The maximum atomic E-state index is 12.4. The van der Waals surface area contributed by atoms with Crippen LogP contribution in [0.15, 0.2) is 59.1 Å². The molecule has 0 atom stereocenters. The fourth-order valence-electron chi connectivity index (χ4n) is 2.17. The number of anilines is 1. The standard InChI is InChI=1S/C20H16BrClN2O3/c1-3-8-27-19-15(21)10-13(11-18(19)26-2)9-14(12-23)20(25)24-17-7-5-4-6-16(17)22/h3-7,9-11H,1,8H2,2H3,(H,24,25)/b14-9+. The van der Waals surface area contributed by atoms with Crippen LogP contribution in [0, 0.1) is 11.3 Å². The summed E-state index contributed by atoms with van der Waals surface area (Å²) >= 11 is 9.45. The van der Waals surface area contributed by atoms with Crippen LogP contribution < -0.4 is 14.8 Å². The minimum absolute atomic E-state index is 0.0800. The highest BCUT2D eigenvalue weighted by Gasteiger charge is 2.14. The number of nitriles is 1. The number of carbonyl (C=O) groups is 1. The molecule has 0 radical (unpaired) electrons. The van der Waals surface area contributed by atoms with Crippen molar-refractivity contribution in [1.29, 1.82) is 5.26 Å². The van der Waals surface area contributed by atoms with Gasteiger partial charge < -0.3 is 14.8 Å². The summed E-state index contributed by atoms with van der Waals surface area (Å²) in [7, 11) is 1.51. The summed E-state index contributed by atoms with van der Waals surface area (Å²) in [6, 6.07) is 12.1. The van der Waals surface area contributed by atoms with Gasteiger partial charge in [0.2, 0.25) is 0 Å². The topological polar surface area (TPSA) is 71.3 Å². The van der Waals surface area contributed by atoms with Crippen LogP contribution >= 0.6 is 27.5 Å². The molecule has 2 aromatic rings. The van der Waals surface area contributed by atoms with Gasteiger partial charge in [-0.05, 0) is 51.8 Å². The van der Waals surface area contributed by atoms with Gasteiger partial charge in [-0.15, -0.1) is 0 Å². The lowest BCUT2D eigenvalue weighted by molar-refractivity contribution is -0.112. The molecule has 0 fully saturated rings.